The van der Waals surface area contributed by atoms with E-state index in [0.717, 1.165) is 13.2 Å². The molecule has 0 bridgehead atoms. The summed E-state index contributed by atoms with van der Waals surface area (Å²) in [5.74, 6) is 0. The largest absolute Gasteiger partial charge is 0.383 e. The first-order valence-corrected chi connectivity index (χ1v) is 7.17. The minimum Gasteiger partial charge on any atom is -0.383 e. The third-order valence-electron chi connectivity index (χ3n) is 3.96. The normalized spacial score (nSPS) is 20.8. The summed E-state index contributed by atoms with van der Waals surface area (Å²) >= 11 is 0. The molecule has 0 spiro atoms. The van der Waals surface area contributed by atoms with Crippen molar-refractivity contribution in [3.63, 3.8) is 0 Å². The van der Waals surface area contributed by atoms with Crippen LogP contribution in [0, 0.1) is 0 Å². The van der Waals surface area contributed by atoms with Gasteiger partial charge in [0, 0.05) is 31.8 Å². The molecule has 1 aliphatic rings. The van der Waals surface area contributed by atoms with Crippen molar-refractivity contribution in [1.82, 2.24) is 15.1 Å². The zero-order valence-electron chi connectivity index (χ0n) is 12.8. The molecule has 4 nitrogen and oxygen atoms in total. The van der Waals surface area contributed by atoms with Gasteiger partial charge >= 0.3 is 0 Å². The van der Waals surface area contributed by atoms with Crippen LogP contribution in [-0.4, -0.2) is 75.4 Å². The smallest absolute Gasteiger partial charge is 0.0630 e. The molecule has 1 N–H and O–H groups in total. The van der Waals surface area contributed by atoms with E-state index in [2.05, 4.69) is 43.1 Å². The van der Waals surface area contributed by atoms with E-state index in [4.69, 9.17) is 4.74 Å². The summed E-state index contributed by atoms with van der Waals surface area (Å²) in [6, 6.07) is 1.72. The number of hydrogen-bond donors (Lipinski definition) is 1. The van der Waals surface area contributed by atoms with E-state index in [-0.39, 0.29) is 0 Å². The van der Waals surface area contributed by atoms with Crippen molar-refractivity contribution in [3.8, 4) is 0 Å². The zero-order chi connectivity index (χ0) is 13.5. The standard InChI is InChI=1S/C14H31N3O/c1-12(2)15-10-14(11-18-5)17(4)13-6-8-16(3)9-7-13/h12-15H,6-11H2,1-5H3. The Morgan fingerprint density at radius 3 is 2.44 bits per heavy atom. The van der Waals surface area contributed by atoms with Gasteiger partial charge < -0.3 is 15.0 Å². The van der Waals surface area contributed by atoms with Crippen LogP contribution in [0.25, 0.3) is 0 Å². The Bertz CT molecular complexity index is 215. The highest BCUT2D eigenvalue weighted by Crippen LogP contribution is 2.16. The second-order valence-electron chi connectivity index (χ2n) is 5.87. The quantitative estimate of drug-likeness (QED) is 0.737. The fraction of sp³-hybridized carbons (Fsp3) is 1.00. The summed E-state index contributed by atoms with van der Waals surface area (Å²) in [7, 11) is 6.26. The maximum Gasteiger partial charge on any atom is 0.0630 e. The lowest BCUT2D eigenvalue weighted by atomic mass is 10.0. The van der Waals surface area contributed by atoms with Gasteiger partial charge in [-0.1, -0.05) is 13.8 Å². The minimum absolute atomic E-state index is 0.478. The third kappa shape index (κ3) is 5.22. The third-order valence-corrected chi connectivity index (χ3v) is 3.96. The number of nitrogens with one attached hydrogen (secondary N) is 1. The summed E-state index contributed by atoms with van der Waals surface area (Å²) in [5.41, 5.74) is 0. The molecule has 1 unspecified atom stereocenters. The van der Waals surface area contributed by atoms with Gasteiger partial charge in [-0.05, 0) is 40.0 Å². The minimum atomic E-state index is 0.478. The van der Waals surface area contributed by atoms with E-state index in [9.17, 15) is 0 Å². The van der Waals surface area contributed by atoms with Crippen LogP contribution in [0.1, 0.15) is 26.7 Å². The van der Waals surface area contributed by atoms with Gasteiger partial charge in [0.25, 0.3) is 0 Å². The highest BCUT2D eigenvalue weighted by atomic mass is 16.5. The lowest BCUT2D eigenvalue weighted by molar-refractivity contribution is 0.0546. The van der Waals surface area contributed by atoms with Gasteiger partial charge in [-0.3, -0.25) is 4.90 Å². The Kier molecular flexibility index (Phi) is 7.15. The van der Waals surface area contributed by atoms with Gasteiger partial charge in [0.1, 0.15) is 0 Å². The first-order chi connectivity index (χ1) is 8.54. The van der Waals surface area contributed by atoms with Crippen LogP contribution in [0.5, 0.6) is 0 Å². The van der Waals surface area contributed by atoms with Gasteiger partial charge in [0.05, 0.1) is 6.61 Å². The molecule has 1 atom stereocenters. The SMILES string of the molecule is COCC(CNC(C)C)N(C)C1CCN(C)CC1. The van der Waals surface area contributed by atoms with Crippen LogP contribution < -0.4 is 5.32 Å². The maximum absolute atomic E-state index is 5.38. The number of methoxy groups -OCH3 is 1. The van der Waals surface area contributed by atoms with Crippen LogP contribution in [0.3, 0.4) is 0 Å². The highest BCUT2D eigenvalue weighted by molar-refractivity contribution is 4.82. The molecule has 0 aliphatic carbocycles. The average molecular weight is 257 g/mol. The van der Waals surface area contributed by atoms with Crippen molar-refractivity contribution in [2.45, 2.75) is 44.8 Å². The fourth-order valence-corrected chi connectivity index (χ4v) is 2.58. The van der Waals surface area contributed by atoms with Crippen LogP contribution in [-0.2, 0) is 4.74 Å². The monoisotopic (exact) mass is 257 g/mol. The predicted molar refractivity (Wildman–Crippen MR) is 77.1 cm³/mol. The molecule has 1 rings (SSSR count). The lowest BCUT2D eigenvalue weighted by Crippen LogP contribution is -2.51. The van der Waals surface area contributed by atoms with Crippen molar-refractivity contribution in [2.75, 3.05) is 47.4 Å². The van der Waals surface area contributed by atoms with Crippen LogP contribution in [0.15, 0.2) is 0 Å². The molecule has 4 heteroatoms. The number of nitrogens with zero attached hydrogens (tertiary/aromatic N) is 2. The average Bonchev–Trinajstić information content (AvgIpc) is 2.34. The van der Waals surface area contributed by atoms with Crippen LogP contribution in [0.4, 0.5) is 0 Å². The molecule has 0 aromatic heterocycles. The van der Waals surface area contributed by atoms with E-state index in [1.54, 1.807) is 7.11 Å². The Hall–Kier alpha value is -0.160. The Morgan fingerprint density at radius 2 is 1.94 bits per heavy atom. The van der Waals surface area contributed by atoms with Crippen LogP contribution in [0.2, 0.25) is 0 Å². The first kappa shape index (κ1) is 15.9. The van der Waals surface area contributed by atoms with E-state index in [0.29, 0.717) is 18.1 Å². The summed E-state index contributed by atoms with van der Waals surface area (Å²) in [6.45, 7) is 8.63. The van der Waals surface area contributed by atoms with Crippen molar-refractivity contribution < 1.29 is 4.74 Å². The number of likely N-dealkylation sites (N-methyl/N-ethyl adjacent to an activating group) is 1. The van der Waals surface area contributed by atoms with Crippen molar-refractivity contribution in [2.24, 2.45) is 0 Å². The molecule has 0 aromatic carbocycles. The number of ether oxygens (including phenoxy) is 1. The molecule has 18 heavy (non-hydrogen) atoms. The topological polar surface area (TPSA) is 27.7 Å². The molecule has 0 saturated carbocycles. The lowest BCUT2D eigenvalue weighted by Gasteiger charge is -2.39. The number of hydrogen-bond acceptors (Lipinski definition) is 4. The Balaban J connectivity index is 2.44. The molecule has 0 aromatic rings. The summed E-state index contributed by atoms with van der Waals surface area (Å²) in [5, 5.41) is 3.53. The van der Waals surface area contributed by atoms with Gasteiger partial charge in [0.2, 0.25) is 0 Å². The Labute approximate surface area is 113 Å². The van der Waals surface area contributed by atoms with E-state index in [1.807, 2.05) is 0 Å². The summed E-state index contributed by atoms with van der Waals surface area (Å²) < 4.78 is 5.38. The fourth-order valence-electron chi connectivity index (χ4n) is 2.58. The summed E-state index contributed by atoms with van der Waals surface area (Å²) in [4.78, 5) is 4.94. The van der Waals surface area contributed by atoms with Crippen molar-refractivity contribution >= 4 is 0 Å². The summed E-state index contributed by atoms with van der Waals surface area (Å²) in [6.07, 6.45) is 2.55. The molecular formula is C14H31N3O. The maximum atomic E-state index is 5.38. The zero-order valence-corrected chi connectivity index (χ0v) is 12.8. The molecule has 1 heterocycles. The van der Waals surface area contributed by atoms with Gasteiger partial charge in [-0.2, -0.15) is 0 Å². The predicted octanol–water partition coefficient (Wildman–Crippen LogP) is 1.03. The van der Waals surface area contributed by atoms with Gasteiger partial charge in [-0.15, -0.1) is 0 Å². The van der Waals surface area contributed by atoms with Crippen molar-refractivity contribution in [3.05, 3.63) is 0 Å². The van der Waals surface area contributed by atoms with E-state index >= 15 is 0 Å². The Morgan fingerprint density at radius 1 is 1.33 bits per heavy atom. The number of likely N-dealkylation sites (tertiary alicyclic amines) is 1. The second kappa shape index (κ2) is 8.10. The molecule has 108 valence electrons. The van der Waals surface area contributed by atoms with E-state index < -0.39 is 0 Å². The first-order valence-electron chi connectivity index (χ1n) is 7.17. The molecule has 0 radical (unpaired) electrons. The molecule has 1 aliphatic heterocycles. The van der Waals surface area contributed by atoms with E-state index in [1.165, 1.54) is 25.9 Å². The second-order valence-corrected chi connectivity index (χ2v) is 5.87. The molecule has 1 saturated heterocycles. The molecule has 1 fully saturated rings. The van der Waals surface area contributed by atoms with Crippen LogP contribution >= 0.6 is 0 Å². The van der Waals surface area contributed by atoms with Gasteiger partial charge in [-0.25, -0.2) is 0 Å². The number of rotatable bonds is 7. The van der Waals surface area contributed by atoms with Gasteiger partial charge in [0.15, 0.2) is 0 Å². The molecular weight excluding hydrogens is 226 g/mol. The number of piperidine rings is 1. The van der Waals surface area contributed by atoms with Crippen molar-refractivity contribution in [1.29, 1.82) is 0 Å². The molecule has 0 amide bonds. The highest BCUT2D eigenvalue weighted by Gasteiger charge is 2.25.